The fourth-order valence-electron chi connectivity index (χ4n) is 1.62. The van der Waals surface area contributed by atoms with Crippen LogP contribution in [0.2, 0.25) is 0 Å². The maximum atomic E-state index is 12.1. The number of methoxy groups -OCH3 is 1. The summed E-state index contributed by atoms with van der Waals surface area (Å²) in [5.74, 6) is -1.33. The van der Waals surface area contributed by atoms with E-state index in [1.54, 1.807) is 0 Å². The van der Waals surface area contributed by atoms with E-state index >= 15 is 0 Å². The molecule has 0 aromatic carbocycles. The molecule has 2 N–H and O–H groups in total. The summed E-state index contributed by atoms with van der Waals surface area (Å²) in [5, 5.41) is 5.20. The number of esters is 1. The van der Waals surface area contributed by atoms with Crippen LogP contribution >= 0.6 is 0 Å². The van der Waals surface area contributed by atoms with Crippen LogP contribution < -0.4 is 10.6 Å². The first-order valence-electron chi connectivity index (χ1n) is 6.36. The second-order valence-electron chi connectivity index (χ2n) is 5.18. The van der Waals surface area contributed by atoms with Gasteiger partial charge in [-0.1, -0.05) is 27.7 Å². The minimum atomic E-state index is -0.715. The molecule has 0 heterocycles. The van der Waals surface area contributed by atoms with Crippen molar-refractivity contribution in [1.29, 1.82) is 0 Å². The zero-order valence-corrected chi connectivity index (χ0v) is 12.4. The molecule has 0 aromatic rings. The van der Waals surface area contributed by atoms with Crippen molar-refractivity contribution in [1.82, 2.24) is 10.6 Å². The second-order valence-corrected chi connectivity index (χ2v) is 5.18. The van der Waals surface area contributed by atoms with Crippen LogP contribution in [0, 0.1) is 11.8 Å². The summed E-state index contributed by atoms with van der Waals surface area (Å²) >= 11 is 0. The van der Waals surface area contributed by atoms with E-state index in [2.05, 4.69) is 15.4 Å². The van der Waals surface area contributed by atoms with Crippen molar-refractivity contribution < 1.29 is 19.1 Å². The van der Waals surface area contributed by atoms with Gasteiger partial charge in [0.15, 0.2) is 0 Å². The van der Waals surface area contributed by atoms with Gasteiger partial charge in [-0.05, 0) is 11.8 Å². The Kier molecular flexibility index (Phi) is 7.11. The van der Waals surface area contributed by atoms with E-state index in [1.165, 1.54) is 14.0 Å². The number of amides is 2. The molecule has 6 nitrogen and oxygen atoms in total. The smallest absolute Gasteiger partial charge is 0.328 e. The number of carbonyl (C=O) groups is 3. The predicted octanol–water partition coefficient (Wildman–Crippen LogP) is 0.461. The number of hydrogen-bond donors (Lipinski definition) is 2. The van der Waals surface area contributed by atoms with Crippen LogP contribution in [-0.2, 0) is 19.1 Å². The maximum absolute atomic E-state index is 12.1. The van der Waals surface area contributed by atoms with Gasteiger partial charge in [-0.2, -0.15) is 0 Å². The van der Waals surface area contributed by atoms with Gasteiger partial charge in [-0.15, -0.1) is 0 Å². The van der Waals surface area contributed by atoms with E-state index in [9.17, 15) is 14.4 Å². The van der Waals surface area contributed by atoms with Gasteiger partial charge in [0.05, 0.1) is 7.11 Å². The molecule has 0 aliphatic heterocycles. The molecule has 0 aliphatic carbocycles. The van der Waals surface area contributed by atoms with Gasteiger partial charge < -0.3 is 15.4 Å². The van der Waals surface area contributed by atoms with E-state index in [0.29, 0.717) is 0 Å². The standard InChI is InChI=1S/C13H24N2O4/c1-7(2)10(14-9(5)16)12(17)15-11(8(3)4)13(18)19-6/h7-8,10-11H,1-6H3,(H,14,16)(H,15,17)/t10-,11-/m0/s1. The quantitative estimate of drug-likeness (QED) is 0.688. The van der Waals surface area contributed by atoms with Crippen LogP contribution in [0.4, 0.5) is 0 Å². The third kappa shape index (κ3) is 5.72. The average molecular weight is 272 g/mol. The van der Waals surface area contributed by atoms with Crippen molar-refractivity contribution in [3.05, 3.63) is 0 Å². The Morgan fingerprint density at radius 3 is 1.68 bits per heavy atom. The average Bonchev–Trinajstić information content (AvgIpc) is 2.30. The van der Waals surface area contributed by atoms with E-state index in [1.807, 2.05) is 27.7 Å². The van der Waals surface area contributed by atoms with Gasteiger partial charge in [0.1, 0.15) is 12.1 Å². The normalized spacial score (nSPS) is 13.9. The summed E-state index contributed by atoms with van der Waals surface area (Å²) in [5.41, 5.74) is 0. The molecule has 0 saturated carbocycles. The van der Waals surface area contributed by atoms with Crippen molar-refractivity contribution >= 4 is 17.8 Å². The van der Waals surface area contributed by atoms with Crippen molar-refractivity contribution in [2.24, 2.45) is 11.8 Å². The summed E-state index contributed by atoms with van der Waals surface area (Å²) in [4.78, 5) is 34.8. The Morgan fingerprint density at radius 1 is 0.895 bits per heavy atom. The Morgan fingerprint density at radius 2 is 1.37 bits per heavy atom. The molecular weight excluding hydrogens is 248 g/mol. The molecule has 0 aliphatic rings. The summed E-state index contributed by atoms with van der Waals surface area (Å²) < 4.78 is 4.65. The highest BCUT2D eigenvalue weighted by molar-refractivity contribution is 5.90. The van der Waals surface area contributed by atoms with E-state index in [4.69, 9.17) is 0 Å². The lowest BCUT2D eigenvalue weighted by Gasteiger charge is -2.25. The fraction of sp³-hybridized carbons (Fsp3) is 0.769. The Bertz CT molecular complexity index is 340. The largest absolute Gasteiger partial charge is 0.467 e. The van der Waals surface area contributed by atoms with Crippen LogP contribution in [0.5, 0.6) is 0 Å². The number of rotatable bonds is 6. The van der Waals surface area contributed by atoms with E-state index in [0.717, 1.165) is 0 Å². The molecule has 0 bridgehead atoms. The van der Waals surface area contributed by atoms with Gasteiger partial charge >= 0.3 is 5.97 Å². The van der Waals surface area contributed by atoms with Crippen LogP contribution in [0.25, 0.3) is 0 Å². The predicted molar refractivity (Wildman–Crippen MR) is 71.2 cm³/mol. The van der Waals surface area contributed by atoms with Crippen LogP contribution in [0.1, 0.15) is 34.6 Å². The highest BCUT2D eigenvalue weighted by atomic mass is 16.5. The van der Waals surface area contributed by atoms with Crippen LogP contribution in [0.3, 0.4) is 0 Å². The molecule has 0 rings (SSSR count). The molecule has 0 saturated heterocycles. The molecule has 0 radical (unpaired) electrons. The van der Waals surface area contributed by atoms with Crippen molar-refractivity contribution in [2.45, 2.75) is 46.7 Å². The second kappa shape index (κ2) is 7.76. The highest BCUT2D eigenvalue weighted by Gasteiger charge is 2.30. The molecular formula is C13H24N2O4. The monoisotopic (exact) mass is 272 g/mol. The van der Waals surface area contributed by atoms with Crippen LogP contribution in [-0.4, -0.2) is 37.0 Å². The lowest BCUT2D eigenvalue weighted by atomic mass is 10.0. The number of hydrogen-bond acceptors (Lipinski definition) is 4. The Hall–Kier alpha value is -1.59. The molecule has 0 aromatic heterocycles. The topological polar surface area (TPSA) is 84.5 Å². The molecule has 0 spiro atoms. The van der Waals surface area contributed by atoms with Gasteiger partial charge in [-0.3, -0.25) is 9.59 Å². The van der Waals surface area contributed by atoms with Gasteiger partial charge in [0, 0.05) is 6.92 Å². The van der Waals surface area contributed by atoms with Crippen molar-refractivity contribution in [2.75, 3.05) is 7.11 Å². The van der Waals surface area contributed by atoms with Gasteiger partial charge in [0.25, 0.3) is 0 Å². The first kappa shape index (κ1) is 17.4. The number of ether oxygens (including phenoxy) is 1. The lowest BCUT2D eigenvalue weighted by molar-refractivity contribution is -0.146. The third-order valence-electron chi connectivity index (χ3n) is 2.73. The lowest BCUT2D eigenvalue weighted by Crippen LogP contribution is -2.54. The first-order valence-corrected chi connectivity index (χ1v) is 6.36. The minimum absolute atomic E-state index is 0.0747. The Balaban J connectivity index is 4.85. The van der Waals surface area contributed by atoms with Crippen molar-refractivity contribution in [3.8, 4) is 0 Å². The molecule has 2 atom stereocenters. The molecule has 2 amide bonds. The number of nitrogens with one attached hydrogen (secondary N) is 2. The molecule has 19 heavy (non-hydrogen) atoms. The zero-order chi connectivity index (χ0) is 15.2. The van der Waals surface area contributed by atoms with Crippen molar-refractivity contribution in [3.63, 3.8) is 0 Å². The third-order valence-corrected chi connectivity index (χ3v) is 2.73. The molecule has 6 heteroatoms. The van der Waals surface area contributed by atoms with Crippen LogP contribution in [0.15, 0.2) is 0 Å². The van der Waals surface area contributed by atoms with E-state index < -0.39 is 18.1 Å². The highest BCUT2D eigenvalue weighted by Crippen LogP contribution is 2.07. The minimum Gasteiger partial charge on any atom is -0.467 e. The maximum Gasteiger partial charge on any atom is 0.328 e. The number of carbonyl (C=O) groups excluding carboxylic acids is 3. The summed E-state index contributed by atoms with van der Waals surface area (Å²) in [6.07, 6.45) is 0. The summed E-state index contributed by atoms with van der Waals surface area (Å²) in [7, 11) is 1.28. The van der Waals surface area contributed by atoms with Gasteiger partial charge in [0.2, 0.25) is 11.8 Å². The SMILES string of the molecule is COC(=O)[C@@H](NC(=O)[C@@H](NC(C)=O)C(C)C)C(C)C. The molecule has 0 fully saturated rings. The zero-order valence-electron chi connectivity index (χ0n) is 12.4. The summed E-state index contributed by atoms with van der Waals surface area (Å²) in [6, 6.07) is -1.38. The molecule has 0 unspecified atom stereocenters. The van der Waals surface area contributed by atoms with Gasteiger partial charge in [-0.25, -0.2) is 4.79 Å². The Labute approximate surface area is 114 Å². The summed E-state index contributed by atoms with van der Waals surface area (Å²) in [6.45, 7) is 8.61. The van der Waals surface area contributed by atoms with E-state index in [-0.39, 0.29) is 23.7 Å². The first-order chi connectivity index (χ1) is 8.70. The molecule has 110 valence electrons. The fourth-order valence-corrected chi connectivity index (χ4v) is 1.62.